The summed E-state index contributed by atoms with van der Waals surface area (Å²) in [5.74, 6) is 0. The lowest BCUT2D eigenvalue weighted by Gasteiger charge is -2.32. The molecule has 0 radical (unpaired) electrons. The van der Waals surface area contributed by atoms with Gasteiger partial charge < -0.3 is 15.5 Å². The maximum absolute atomic E-state index is 11.1. The summed E-state index contributed by atoms with van der Waals surface area (Å²) >= 11 is 0. The van der Waals surface area contributed by atoms with Gasteiger partial charge in [-0.05, 0) is 0 Å². The number of nitrogens with one attached hydrogen (secondary N) is 1. The van der Waals surface area contributed by atoms with Gasteiger partial charge in [0, 0.05) is 65.4 Å². The second kappa shape index (κ2) is 10.5. The Hall–Kier alpha value is -0.290. The molecule has 0 spiro atoms. The molecule has 2 fully saturated rings. The van der Waals surface area contributed by atoms with Crippen LogP contribution in [0.5, 0.6) is 0 Å². The fraction of sp³-hybridized carbons (Fsp3) is 1.00. The van der Waals surface area contributed by atoms with Crippen LogP contribution in [-0.4, -0.2) is 118 Å². The van der Waals surface area contributed by atoms with E-state index >= 15 is 0 Å². The molecular formula is C13H30N4O4S. The van der Waals surface area contributed by atoms with Gasteiger partial charge in [0.2, 0.25) is 10.0 Å². The molecule has 0 unspecified atom stereocenters. The summed E-state index contributed by atoms with van der Waals surface area (Å²) in [6.07, 6.45) is 1.23. The molecule has 0 aromatic rings. The van der Waals surface area contributed by atoms with Gasteiger partial charge in [0.25, 0.3) is 0 Å². The first-order chi connectivity index (χ1) is 10.5. The third-order valence-corrected chi connectivity index (χ3v) is 5.15. The van der Waals surface area contributed by atoms with Gasteiger partial charge in [-0.2, -0.15) is 4.31 Å². The Morgan fingerprint density at radius 2 is 1.32 bits per heavy atom. The molecule has 2 rings (SSSR count). The van der Waals surface area contributed by atoms with Gasteiger partial charge in [-0.15, -0.1) is 0 Å². The minimum Gasteiger partial charge on any atom is -0.395 e. The average molecular weight is 338 g/mol. The predicted octanol–water partition coefficient (Wildman–Crippen LogP) is -2.56. The molecule has 0 amide bonds. The number of β-amino-alcohol motifs (C(OH)–C–C–N with tert-alkyl or cyclic N) is 2. The molecule has 2 heterocycles. The third kappa shape index (κ3) is 7.82. The van der Waals surface area contributed by atoms with E-state index in [1.807, 2.05) is 0 Å². The lowest BCUT2D eigenvalue weighted by molar-refractivity contribution is 0.152. The molecule has 0 aromatic carbocycles. The van der Waals surface area contributed by atoms with E-state index < -0.39 is 10.0 Å². The molecule has 2 saturated heterocycles. The molecular weight excluding hydrogens is 308 g/mol. The Kier molecular flexibility index (Phi) is 9.41. The van der Waals surface area contributed by atoms with Gasteiger partial charge in [0.1, 0.15) is 0 Å². The van der Waals surface area contributed by atoms with E-state index in [1.165, 1.54) is 10.6 Å². The van der Waals surface area contributed by atoms with Crippen molar-refractivity contribution in [3.63, 3.8) is 0 Å². The SMILES string of the molecule is CS(=O)(=O)N1CCN(CCO)CC1.OCCN1CCNCC1. The monoisotopic (exact) mass is 338 g/mol. The fourth-order valence-electron chi connectivity index (χ4n) is 2.50. The van der Waals surface area contributed by atoms with Crippen LogP contribution in [0.15, 0.2) is 0 Å². The molecule has 0 bridgehead atoms. The molecule has 8 nitrogen and oxygen atoms in total. The molecule has 22 heavy (non-hydrogen) atoms. The van der Waals surface area contributed by atoms with Crippen LogP contribution in [0, 0.1) is 0 Å². The fourth-order valence-corrected chi connectivity index (χ4v) is 3.33. The highest BCUT2D eigenvalue weighted by molar-refractivity contribution is 7.88. The van der Waals surface area contributed by atoms with Gasteiger partial charge in [-0.3, -0.25) is 9.80 Å². The Bertz CT molecular complexity index is 377. The van der Waals surface area contributed by atoms with Crippen LogP contribution >= 0.6 is 0 Å². The number of nitrogens with zero attached hydrogens (tertiary/aromatic N) is 3. The molecule has 2 aliphatic heterocycles. The van der Waals surface area contributed by atoms with Crippen molar-refractivity contribution in [2.45, 2.75) is 0 Å². The van der Waals surface area contributed by atoms with Crippen molar-refractivity contribution in [2.24, 2.45) is 0 Å². The van der Waals surface area contributed by atoms with Crippen molar-refractivity contribution in [3.8, 4) is 0 Å². The Morgan fingerprint density at radius 3 is 1.73 bits per heavy atom. The topological polar surface area (TPSA) is 96.4 Å². The Balaban J connectivity index is 0.000000235. The average Bonchev–Trinajstić information content (AvgIpc) is 2.49. The van der Waals surface area contributed by atoms with Crippen LogP contribution in [0.25, 0.3) is 0 Å². The van der Waals surface area contributed by atoms with Gasteiger partial charge in [-0.25, -0.2) is 8.42 Å². The normalized spacial score (nSPS) is 22.1. The lowest BCUT2D eigenvalue weighted by atomic mass is 10.4. The largest absolute Gasteiger partial charge is 0.395 e. The minimum atomic E-state index is -3.02. The number of piperazine rings is 2. The van der Waals surface area contributed by atoms with E-state index in [1.54, 1.807) is 0 Å². The number of hydrogen-bond donors (Lipinski definition) is 3. The van der Waals surface area contributed by atoms with Gasteiger partial charge >= 0.3 is 0 Å². The third-order valence-electron chi connectivity index (χ3n) is 3.84. The van der Waals surface area contributed by atoms with E-state index in [-0.39, 0.29) is 6.61 Å². The molecule has 2 aliphatic rings. The zero-order valence-electron chi connectivity index (χ0n) is 13.4. The van der Waals surface area contributed by atoms with Crippen molar-refractivity contribution in [1.82, 2.24) is 19.4 Å². The summed E-state index contributed by atoms with van der Waals surface area (Å²) in [5.41, 5.74) is 0. The van der Waals surface area contributed by atoms with Crippen LogP contribution in [0.3, 0.4) is 0 Å². The van der Waals surface area contributed by atoms with Gasteiger partial charge in [0.15, 0.2) is 0 Å². The zero-order valence-corrected chi connectivity index (χ0v) is 14.3. The maximum atomic E-state index is 11.1. The first-order valence-corrected chi connectivity index (χ1v) is 9.64. The quantitative estimate of drug-likeness (QED) is 0.507. The van der Waals surface area contributed by atoms with E-state index in [0.29, 0.717) is 39.3 Å². The van der Waals surface area contributed by atoms with Crippen LogP contribution < -0.4 is 5.32 Å². The molecule has 0 saturated carbocycles. The lowest BCUT2D eigenvalue weighted by Crippen LogP contribution is -2.48. The highest BCUT2D eigenvalue weighted by Gasteiger charge is 2.22. The zero-order chi connectivity index (χ0) is 16.4. The van der Waals surface area contributed by atoms with E-state index in [2.05, 4.69) is 15.1 Å². The number of aliphatic hydroxyl groups is 2. The van der Waals surface area contributed by atoms with Crippen molar-refractivity contribution in [1.29, 1.82) is 0 Å². The predicted molar refractivity (Wildman–Crippen MR) is 86.3 cm³/mol. The second-order valence-corrected chi connectivity index (χ2v) is 7.52. The van der Waals surface area contributed by atoms with Crippen molar-refractivity contribution >= 4 is 10.0 Å². The Labute approximate surface area is 133 Å². The maximum Gasteiger partial charge on any atom is 0.211 e. The Morgan fingerprint density at radius 1 is 0.864 bits per heavy atom. The summed E-state index contributed by atoms with van der Waals surface area (Å²) in [6.45, 7) is 8.72. The highest BCUT2D eigenvalue weighted by atomic mass is 32.2. The van der Waals surface area contributed by atoms with Crippen molar-refractivity contribution in [3.05, 3.63) is 0 Å². The number of rotatable bonds is 5. The van der Waals surface area contributed by atoms with Crippen molar-refractivity contribution in [2.75, 3.05) is 84.9 Å². The molecule has 0 aliphatic carbocycles. The molecule has 3 N–H and O–H groups in total. The highest BCUT2D eigenvalue weighted by Crippen LogP contribution is 2.04. The van der Waals surface area contributed by atoms with E-state index in [0.717, 1.165) is 32.7 Å². The van der Waals surface area contributed by atoms with Crippen LogP contribution in [0.4, 0.5) is 0 Å². The van der Waals surface area contributed by atoms with E-state index in [4.69, 9.17) is 10.2 Å². The minimum absolute atomic E-state index is 0.138. The smallest absolute Gasteiger partial charge is 0.211 e. The van der Waals surface area contributed by atoms with Gasteiger partial charge in [0.05, 0.1) is 19.5 Å². The second-order valence-electron chi connectivity index (χ2n) is 5.54. The number of sulfonamides is 1. The first kappa shape index (κ1) is 19.8. The van der Waals surface area contributed by atoms with E-state index in [9.17, 15) is 8.42 Å². The summed E-state index contributed by atoms with van der Waals surface area (Å²) in [5, 5.41) is 20.5. The summed E-state index contributed by atoms with van der Waals surface area (Å²) in [4.78, 5) is 4.32. The van der Waals surface area contributed by atoms with Gasteiger partial charge in [-0.1, -0.05) is 0 Å². The summed E-state index contributed by atoms with van der Waals surface area (Å²) in [7, 11) is -3.02. The molecule has 9 heteroatoms. The van der Waals surface area contributed by atoms with Crippen LogP contribution in [0.2, 0.25) is 0 Å². The summed E-state index contributed by atoms with van der Waals surface area (Å²) in [6, 6.07) is 0. The number of aliphatic hydroxyl groups excluding tert-OH is 2. The first-order valence-electron chi connectivity index (χ1n) is 7.79. The molecule has 0 aromatic heterocycles. The van der Waals surface area contributed by atoms with Crippen molar-refractivity contribution < 1.29 is 18.6 Å². The molecule has 0 atom stereocenters. The van der Waals surface area contributed by atoms with Crippen LogP contribution in [-0.2, 0) is 10.0 Å². The number of hydrogen-bond acceptors (Lipinski definition) is 7. The standard InChI is InChI=1S/C7H16N2O3S.C6H14N2O/c1-13(11,12)9-4-2-8(3-5-9)6-7-10;9-6-5-8-3-1-7-2-4-8/h10H,2-7H2,1H3;7,9H,1-6H2. The molecule has 132 valence electrons. The summed E-state index contributed by atoms with van der Waals surface area (Å²) < 4.78 is 23.7. The van der Waals surface area contributed by atoms with Crippen LogP contribution in [0.1, 0.15) is 0 Å².